The zero-order valence-corrected chi connectivity index (χ0v) is 25.4. The summed E-state index contributed by atoms with van der Waals surface area (Å²) < 4.78 is 4.37. The lowest BCUT2D eigenvalue weighted by Crippen LogP contribution is -2.19. The molecule has 0 atom stereocenters. The summed E-state index contributed by atoms with van der Waals surface area (Å²) in [7, 11) is 0. The van der Waals surface area contributed by atoms with E-state index in [1.807, 2.05) is 60.9 Å². The molecule has 1 N–H and O–H groups in total. The summed E-state index contributed by atoms with van der Waals surface area (Å²) >= 11 is 12.5. The highest BCUT2D eigenvalue weighted by atomic mass is 35.5. The second kappa shape index (κ2) is 12.3. The molecule has 1 aliphatic heterocycles. The maximum absolute atomic E-state index is 6.32. The third-order valence-corrected chi connectivity index (χ3v) is 8.79. The van der Waals surface area contributed by atoms with Crippen LogP contribution in [0, 0.1) is 0 Å². The Balaban J connectivity index is 1.47. The maximum Gasteiger partial charge on any atom is 0.0900 e. The third-order valence-electron chi connectivity index (χ3n) is 8.28. The van der Waals surface area contributed by atoms with Crippen molar-refractivity contribution in [3.63, 3.8) is 0 Å². The fraction of sp³-hybridized carbons (Fsp3) is 0.222. The van der Waals surface area contributed by atoms with Crippen molar-refractivity contribution in [2.24, 2.45) is 4.99 Å². The van der Waals surface area contributed by atoms with Gasteiger partial charge in [0.05, 0.1) is 39.5 Å². The Bertz CT molecular complexity index is 1880. The standard InChI is InChI=1S/C36H33Cl2N5/c37-25-10-14-28(15-11-25)40-31-23-34-36(24-32(31)39-27-8-4-2-1-3-5-9-27)43(29-16-12-26(38)13-17-29)35-19-18-30(22-33(35)41-34)42-20-6-7-21-42/h6-7,10-24,27,40H,1-5,8-9H2. The van der Waals surface area contributed by atoms with Gasteiger partial charge in [0.25, 0.3) is 0 Å². The number of anilines is 2. The maximum atomic E-state index is 6.32. The van der Waals surface area contributed by atoms with Crippen molar-refractivity contribution in [1.29, 1.82) is 0 Å². The first-order chi connectivity index (χ1) is 21.1. The summed E-state index contributed by atoms with van der Waals surface area (Å²) in [6.07, 6.45) is 12.7. The van der Waals surface area contributed by atoms with E-state index in [0.717, 1.165) is 63.4 Å². The molecule has 7 heteroatoms. The molecule has 3 aromatic carbocycles. The Kier molecular flexibility index (Phi) is 7.92. The average Bonchev–Trinajstić information content (AvgIpc) is 3.54. The molecule has 1 fully saturated rings. The fourth-order valence-corrected chi connectivity index (χ4v) is 6.33. The van der Waals surface area contributed by atoms with Crippen molar-refractivity contribution in [2.45, 2.75) is 51.0 Å². The highest BCUT2D eigenvalue weighted by Crippen LogP contribution is 2.32. The first kappa shape index (κ1) is 27.8. The van der Waals surface area contributed by atoms with E-state index in [-0.39, 0.29) is 0 Å². The van der Waals surface area contributed by atoms with Crippen LogP contribution in [0.2, 0.25) is 10.0 Å². The number of aromatic nitrogens is 3. The van der Waals surface area contributed by atoms with E-state index in [2.05, 4.69) is 56.9 Å². The predicted molar refractivity (Wildman–Crippen MR) is 178 cm³/mol. The van der Waals surface area contributed by atoms with Crippen molar-refractivity contribution in [1.82, 2.24) is 14.1 Å². The zero-order valence-electron chi connectivity index (χ0n) is 23.9. The quantitative estimate of drug-likeness (QED) is 0.199. The highest BCUT2D eigenvalue weighted by molar-refractivity contribution is 6.30. The first-order valence-electron chi connectivity index (χ1n) is 15.1. The van der Waals surface area contributed by atoms with Gasteiger partial charge < -0.3 is 14.5 Å². The highest BCUT2D eigenvalue weighted by Gasteiger charge is 2.19. The molecule has 0 unspecified atom stereocenters. The van der Waals surface area contributed by atoms with Gasteiger partial charge in [0.2, 0.25) is 0 Å². The van der Waals surface area contributed by atoms with Crippen molar-refractivity contribution in [3.05, 3.63) is 119 Å². The lowest BCUT2D eigenvalue weighted by molar-refractivity contribution is 0.450. The number of halogens is 2. The second-order valence-electron chi connectivity index (χ2n) is 11.3. The topological polar surface area (TPSA) is 47.1 Å². The Labute approximate surface area is 261 Å². The van der Waals surface area contributed by atoms with Gasteiger partial charge in [-0.15, -0.1) is 0 Å². The van der Waals surface area contributed by atoms with Crippen molar-refractivity contribution in [3.8, 4) is 22.8 Å². The van der Waals surface area contributed by atoms with Gasteiger partial charge in [-0.3, -0.25) is 4.99 Å². The van der Waals surface area contributed by atoms with Crippen LogP contribution in [0.5, 0.6) is 0 Å². The van der Waals surface area contributed by atoms with Crippen LogP contribution in [-0.2, 0) is 0 Å². The summed E-state index contributed by atoms with van der Waals surface area (Å²) in [6, 6.07) is 30.9. The van der Waals surface area contributed by atoms with Crippen molar-refractivity contribution < 1.29 is 0 Å². The van der Waals surface area contributed by atoms with Crippen LogP contribution in [0.1, 0.15) is 44.9 Å². The van der Waals surface area contributed by atoms with Crippen LogP contribution >= 0.6 is 23.2 Å². The minimum atomic E-state index is 0.296. The number of nitrogens with one attached hydrogen (secondary N) is 1. The lowest BCUT2D eigenvalue weighted by atomic mass is 9.97. The molecule has 0 spiro atoms. The number of benzene rings is 4. The summed E-state index contributed by atoms with van der Waals surface area (Å²) in [5.41, 5.74) is 7.76. The normalized spacial score (nSPS) is 15.1. The van der Waals surface area contributed by atoms with Crippen LogP contribution in [-0.4, -0.2) is 20.2 Å². The van der Waals surface area contributed by atoms with Gasteiger partial charge in [0.15, 0.2) is 0 Å². The molecule has 0 amide bonds. The summed E-state index contributed by atoms with van der Waals surface area (Å²) in [5.74, 6) is 0. The van der Waals surface area contributed by atoms with E-state index in [4.69, 9.17) is 33.2 Å². The Morgan fingerprint density at radius 2 is 1.37 bits per heavy atom. The van der Waals surface area contributed by atoms with Gasteiger partial charge in [0, 0.05) is 39.5 Å². The fourth-order valence-electron chi connectivity index (χ4n) is 6.08. The molecule has 0 saturated heterocycles. The van der Waals surface area contributed by atoms with Gasteiger partial charge in [0.1, 0.15) is 0 Å². The molecule has 216 valence electrons. The van der Waals surface area contributed by atoms with E-state index in [1.165, 1.54) is 32.1 Å². The first-order valence-corrected chi connectivity index (χ1v) is 15.8. The molecule has 7 rings (SSSR count). The van der Waals surface area contributed by atoms with Gasteiger partial charge in [-0.05, 0) is 104 Å². The Hall–Kier alpha value is -4.06. The zero-order chi connectivity index (χ0) is 29.2. The van der Waals surface area contributed by atoms with Crippen molar-refractivity contribution >= 4 is 45.6 Å². The van der Waals surface area contributed by atoms with Gasteiger partial charge in [-0.1, -0.05) is 55.3 Å². The molecule has 43 heavy (non-hydrogen) atoms. The predicted octanol–water partition coefficient (Wildman–Crippen LogP) is 9.98. The number of hydrogen-bond donors (Lipinski definition) is 1. The average molecular weight is 607 g/mol. The Morgan fingerprint density at radius 3 is 2.09 bits per heavy atom. The largest absolute Gasteiger partial charge is 0.354 e. The minimum absolute atomic E-state index is 0.296. The molecule has 2 heterocycles. The molecular weight excluding hydrogens is 573 g/mol. The number of rotatable bonds is 5. The van der Waals surface area contributed by atoms with Crippen LogP contribution in [0.25, 0.3) is 33.8 Å². The summed E-state index contributed by atoms with van der Waals surface area (Å²) in [6.45, 7) is 0. The summed E-state index contributed by atoms with van der Waals surface area (Å²) in [4.78, 5) is 10.6. The van der Waals surface area contributed by atoms with E-state index in [0.29, 0.717) is 16.1 Å². The Morgan fingerprint density at radius 1 is 0.721 bits per heavy atom. The molecule has 1 saturated carbocycles. The molecular formula is C36H33Cl2N5. The van der Waals surface area contributed by atoms with Crippen LogP contribution in [0.15, 0.2) is 108 Å². The van der Waals surface area contributed by atoms with E-state index in [1.54, 1.807) is 0 Å². The molecule has 1 aromatic heterocycles. The van der Waals surface area contributed by atoms with Crippen LogP contribution in [0.3, 0.4) is 0 Å². The van der Waals surface area contributed by atoms with Crippen LogP contribution in [0.4, 0.5) is 11.4 Å². The third kappa shape index (κ3) is 6.06. The lowest BCUT2D eigenvalue weighted by Gasteiger charge is -2.22. The number of hydrogen-bond acceptors (Lipinski definition) is 3. The van der Waals surface area contributed by atoms with Crippen LogP contribution < -0.4 is 10.7 Å². The smallest absolute Gasteiger partial charge is 0.0900 e. The summed E-state index contributed by atoms with van der Waals surface area (Å²) in [5, 5.41) is 5.99. The second-order valence-corrected chi connectivity index (χ2v) is 12.2. The number of nitrogens with zero attached hydrogens (tertiary/aromatic N) is 4. The monoisotopic (exact) mass is 605 g/mol. The van der Waals surface area contributed by atoms with Gasteiger partial charge in [-0.25, -0.2) is 4.98 Å². The van der Waals surface area contributed by atoms with Crippen molar-refractivity contribution in [2.75, 3.05) is 5.32 Å². The molecule has 5 nitrogen and oxygen atoms in total. The minimum Gasteiger partial charge on any atom is -0.354 e. The number of fused-ring (bicyclic) bond motifs is 2. The van der Waals surface area contributed by atoms with E-state index in [9.17, 15) is 0 Å². The molecule has 2 aliphatic carbocycles. The van der Waals surface area contributed by atoms with E-state index >= 15 is 0 Å². The molecule has 4 aromatic rings. The van der Waals surface area contributed by atoms with Gasteiger partial charge >= 0.3 is 0 Å². The SMILES string of the molecule is Clc1ccc(Nc2cc3nc4cc(-n5cccc5)ccc4n(-c4ccc(Cl)cc4)c-3cc2=NC2CCCCCCC2)cc1. The molecule has 3 aliphatic rings. The van der Waals surface area contributed by atoms with Gasteiger partial charge in [-0.2, -0.15) is 0 Å². The molecule has 0 radical (unpaired) electrons. The van der Waals surface area contributed by atoms with E-state index < -0.39 is 0 Å². The molecule has 0 bridgehead atoms.